The third-order valence-corrected chi connectivity index (χ3v) is 1.38. The Bertz CT molecular complexity index is 157. The van der Waals surface area contributed by atoms with Crippen molar-refractivity contribution in [3.63, 3.8) is 0 Å². The average molecular weight is 258 g/mol. The highest BCUT2D eigenvalue weighted by Crippen LogP contribution is 1.82. The van der Waals surface area contributed by atoms with E-state index >= 15 is 0 Å². The maximum absolute atomic E-state index is 8.80. The SMILES string of the molecule is CC.CC.COCC(O)COC.c1ccccc1. The van der Waals surface area contributed by atoms with Gasteiger partial charge >= 0.3 is 0 Å². The van der Waals surface area contributed by atoms with Crippen molar-refractivity contribution in [3.05, 3.63) is 36.4 Å². The molecule has 1 aromatic rings. The molecule has 0 unspecified atom stereocenters. The Hall–Kier alpha value is -0.900. The van der Waals surface area contributed by atoms with Gasteiger partial charge in [-0.15, -0.1) is 0 Å². The summed E-state index contributed by atoms with van der Waals surface area (Å²) in [6, 6.07) is 12.0. The monoisotopic (exact) mass is 258 g/mol. The molecule has 0 radical (unpaired) electrons. The fraction of sp³-hybridized carbons (Fsp3) is 0.600. The summed E-state index contributed by atoms with van der Waals surface area (Å²) in [6.07, 6.45) is -0.481. The van der Waals surface area contributed by atoms with E-state index in [2.05, 4.69) is 9.47 Å². The third kappa shape index (κ3) is 24.4. The number of hydrogen-bond acceptors (Lipinski definition) is 3. The van der Waals surface area contributed by atoms with Crippen LogP contribution >= 0.6 is 0 Å². The van der Waals surface area contributed by atoms with Crippen molar-refractivity contribution in [3.8, 4) is 0 Å². The topological polar surface area (TPSA) is 38.7 Å². The molecule has 3 nitrogen and oxygen atoms in total. The van der Waals surface area contributed by atoms with Crippen LogP contribution in [0.25, 0.3) is 0 Å². The van der Waals surface area contributed by atoms with E-state index in [9.17, 15) is 0 Å². The summed E-state index contributed by atoms with van der Waals surface area (Å²) in [6.45, 7) is 8.68. The van der Waals surface area contributed by atoms with Crippen molar-refractivity contribution in [2.45, 2.75) is 33.8 Å². The van der Waals surface area contributed by atoms with Crippen molar-refractivity contribution >= 4 is 0 Å². The van der Waals surface area contributed by atoms with E-state index in [1.807, 2.05) is 64.1 Å². The van der Waals surface area contributed by atoms with E-state index in [1.165, 1.54) is 0 Å². The number of aliphatic hydroxyl groups excluding tert-OH is 1. The number of ether oxygens (including phenoxy) is 2. The van der Waals surface area contributed by atoms with Crippen LogP contribution in [0.1, 0.15) is 27.7 Å². The molecule has 0 spiro atoms. The van der Waals surface area contributed by atoms with E-state index in [0.29, 0.717) is 13.2 Å². The Morgan fingerprint density at radius 3 is 1.11 bits per heavy atom. The standard InChI is InChI=1S/C6H6.C5H12O3.2C2H6/c1-2-4-6-5-3-1;1-7-3-5(6)4-8-2;2*1-2/h1-6H;5-6H,3-4H2,1-2H3;2*1-2H3. The van der Waals surface area contributed by atoms with Crippen LogP contribution in [-0.2, 0) is 9.47 Å². The van der Waals surface area contributed by atoms with Crippen LogP contribution in [0.3, 0.4) is 0 Å². The molecule has 0 fully saturated rings. The number of benzene rings is 1. The predicted octanol–water partition coefficient (Wildman–Crippen LogP) is 3.38. The van der Waals surface area contributed by atoms with Crippen molar-refractivity contribution in [1.29, 1.82) is 0 Å². The molecule has 0 heterocycles. The van der Waals surface area contributed by atoms with Gasteiger partial charge in [-0.3, -0.25) is 0 Å². The van der Waals surface area contributed by atoms with E-state index in [-0.39, 0.29) is 0 Å². The Morgan fingerprint density at radius 2 is 0.944 bits per heavy atom. The van der Waals surface area contributed by atoms with Crippen LogP contribution in [0, 0.1) is 0 Å². The molecule has 0 saturated carbocycles. The molecule has 0 aliphatic heterocycles. The van der Waals surface area contributed by atoms with Gasteiger partial charge in [0.1, 0.15) is 6.10 Å². The van der Waals surface area contributed by atoms with Crippen LogP contribution in [0.15, 0.2) is 36.4 Å². The first kappa shape index (κ1) is 22.3. The highest BCUT2D eigenvalue weighted by atomic mass is 16.5. The number of rotatable bonds is 4. The predicted molar refractivity (Wildman–Crippen MR) is 78.9 cm³/mol. The summed E-state index contributed by atoms with van der Waals surface area (Å²) in [4.78, 5) is 0. The van der Waals surface area contributed by atoms with Crippen LogP contribution in [0.4, 0.5) is 0 Å². The first-order chi connectivity index (χ1) is 8.81. The van der Waals surface area contributed by atoms with Gasteiger partial charge in [-0.2, -0.15) is 0 Å². The second kappa shape index (κ2) is 25.1. The van der Waals surface area contributed by atoms with Crippen LogP contribution in [0.5, 0.6) is 0 Å². The van der Waals surface area contributed by atoms with Gasteiger partial charge in [-0.1, -0.05) is 64.1 Å². The maximum atomic E-state index is 8.80. The van der Waals surface area contributed by atoms with Crippen molar-refractivity contribution < 1.29 is 14.6 Å². The summed E-state index contributed by atoms with van der Waals surface area (Å²) < 4.78 is 9.25. The first-order valence-corrected chi connectivity index (χ1v) is 6.47. The Balaban J connectivity index is -0.000000199. The minimum absolute atomic E-state index is 0.341. The van der Waals surface area contributed by atoms with Gasteiger partial charge in [0.05, 0.1) is 13.2 Å². The van der Waals surface area contributed by atoms with Gasteiger partial charge in [0, 0.05) is 14.2 Å². The van der Waals surface area contributed by atoms with Crippen LogP contribution < -0.4 is 0 Å². The molecule has 0 amide bonds. The van der Waals surface area contributed by atoms with Gasteiger partial charge in [0.2, 0.25) is 0 Å². The highest BCUT2D eigenvalue weighted by Gasteiger charge is 1.99. The molecule has 108 valence electrons. The van der Waals surface area contributed by atoms with Gasteiger partial charge in [-0.05, 0) is 0 Å². The lowest BCUT2D eigenvalue weighted by Crippen LogP contribution is -2.19. The van der Waals surface area contributed by atoms with Gasteiger partial charge in [0.25, 0.3) is 0 Å². The fourth-order valence-corrected chi connectivity index (χ4v) is 0.818. The normalized spacial score (nSPS) is 8.00. The highest BCUT2D eigenvalue weighted by molar-refractivity contribution is 4.99. The second-order valence-electron chi connectivity index (χ2n) is 2.72. The van der Waals surface area contributed by atoms with E-state index in [1.54, 1.807) is 14.2 Å². The largest absolute Gasteiger partial charge is 0.388 e. The number of aliphatic hydroxyl groups is 1. The number of methoxy groups -OCH3 is 2. The molecular formula is C15H30O3. The molecule has 18 heavy (non-hydrogen) atoms. The summed E-state index contributed by atoms with van der Waals surface area (Å²) in [5, 5.41) is 8.80. The minimum Gasteiger partial charge on any atom is -0.388 e. The summed E-state index contributed by atoms with van der Waals surface area (Å²) >= 11 is 0. The minimum atomic E-state index is -0.481. The third-order valence-electron chi connectivity index (χ3n) is 1.38. The van der Waals surface area contributed by atoms with Crippen LogP contribution in [-0.4, -0.2) is 38.6 Å². The molecular weight excluding hydrogens is 228 g/mol. The first-order valence-electron chi connectivity index (χ1n) is 6.47. The molecule has 1 rings (SSSR count). The van der Waals surface area contributed by atoms with Gasteiger partial charge in [0.15, 0.2) is 0 Å². The summed E-state index contributed by atoms with van der Waals surface area (Å²) in [7, 11) is 3.08. The fourth-order valence-electron chi connectivity index (χ4n) is 0.818. The molecule has 0 aromatic heterocycles. The molecule has 3 heteroatoms. The summed E-state index contributed by atoms with van der Waals surface area (Å²) in [5.74, 6) is 0. The summed E-state index contributed by atoms with van der Waals surface area (Å²) in [5.41, 5.74) is 0. The van der Waals surface area contributed by atoms with Crippen molar-refractivity contribution in [2.24, 2.45) is 0 Å². The lowest BCUT2D eigenvalue weighted by Gasteiger charge is -2.05. The zero-order valence-electron chi connectivity index (χ0n) is 12.7. The molecule has 0 aliphatic carbocycles. The lowest BCUT2D eigenvalue weighted by atomic mass is 10.4. The molecule has 1 N–H and O–H groups in total. The molecule has 1 aromatic carbocycles. The lowest BCUT2D eigenvalue weighted by molar-refractivity contribution is 0.00980. The van der Waals surface area contributed by atoms with Crippen molar-refractivity contribution in [1.82, 2.24) is 0 Å². The second-order valence-corrected chi connectivity index (χ2v) is 2.72. The molecule has 0 atom stereocenters. The van der Waals surface area contributed by atoms with E-state index in [0.717, 1.165) is 0 Å². The van der Waals surface area contributed by atoms with E-state index in [4.69, 9.17) is 5.11 Å². The quantitative estimate of drug-likeness (QED) is 0.900. The van der Waals surface area contributed by atoms with Gasteiger partial charge in [-0.25, -0.2) is 0 Å². The van der Waals surface area contributed by atoms with Gasteiger partial charge < -0.3 is 14.6 Å². The molecule has 0 aliphatic rings. The van der Waals surface area contributed by atoms with Crippen molar-refractivity contribution in [2.75, 3.05) is 27.4 Å². The zero-order chi connectivity index (χ0) is 14.6. The molecule has 0 bridgehead atoms. The molecule has 0 saturated heterocycles. The maximum Gasteiger partial charge on any atom is 0.101 e. The van der Waals surface area contributed by atoms with E-state index < -0.39 is 6.10 Å². The number of hydrogen-bond donors (Lipinski definition) is 1. The van der Waals surface area contributed by atoms with Crippen LogP contribution in [0.2, 0.25) is 0 Å². The smallest absolute Gasteiger partial charge is 0.101 e. The Kier molecular flexibility index (Phi) is 31.1. The Labute approximate surface area is 113 Å². The zero-order valence-corrected chi connectivity index (χ0v) is 12.7. The average Bonchev–Trinajstić information content (AvgIpc) is 2.46. The Morgan fingerprint density at radius 1 is 0.722 bits per heavy atom.